The van der Waals surface area contributed by atoms with Crippen molar-refractivity contribution in [2.75, 3.05) is 0 Å². The zero-order chi connectivity index (χ0) is 10.1. The average Bonchev–Trinajstić information content (AvgIpc) is 3.00. The summed E-state index contributed by atoms with van der Waals surface area (Å²) < 4.78 is 0. The van der Waals surface area contributed by atoms with Gasteiger partial charge in [-0.15, -0.1) is 0 Å². The second-order valence-electron chi connectivity index (χ2n) is 3.44. The SMILES string of the molecule is N#Cc1ccc(C(=O)C2CC2)cc1Cl. The summed E-state index contributed by atoms with van der Waals surface area (Å²) in [6.07, 6.45) is 1.97. The smallest absolute Gasteiger partial charge is 0.165 e. The van der Waals surface area contributed by atoms with Crippen molar-refractivity contribution in [2.24, 2.45) is 5.92 Å². The van der Waals surface area contributed by atoms with Crippen molar-refractivity contribution in [3.05, 3.63) is 34.3 Å². The number of rotatable bonds is 2. The van der Waals surface area contributed by atoms with Crippen LogP contribution in [0.3, 0.4) is 0 Å². The molecular formula is C11H8ClNO. The first-order chi connectivity index (χ1) is 6.72. The van der Waals surface area contributed by atoms with Gasteiger partial charge in [-0.2, -0.15) is 5.26 Å². The van der Waals surface area contributed by atoms with Gasteiger partial charge in [-0.3, -0.25) is 4.79 Å². The first-order valence-corrected chi connectivity index (χ1v) is 4.84. The van der Waals surface area contributed by atoms with Crippen LogP contribution in [0.1, 0.15) is 28.8 Å². The number of carbonyl (C=O) groups is 1. The maximum atomic E-state index is 11.6. The van der Waals surface area contributed by atoms with E-state index in [4.69, 9.17) is 16.9 Å². The van der Waals surface area contributed by atoms with Gasteiger partial charge < -0.3 is 0 Å². The molecule has 14 heavy (non-hydrogen) atoms. The molecule has 1 fully saturated rings. The summed E-state index contributed by atoms with van der Waals surface area (Å²) in [4.78, 5) is 11.6. The van der Waals surface area contributed by atoms with Gasteiger partial charge in [0, 0.05) is 11.5 Å². The molecule has 0 spiro atoms. The van der Waals surface area contributed by atoms with E-state index in [1.165, 1.54) is 0 Å². The van der Waals surface area contributed by atoms with Crippen molar-refractivity contribution in [2.45, 2.75) is 12.8 Å². The summed E-state index contributed by atoms with van der Waals surface area (Å²) in [6, 6.07) is 6.81. The lowest BCUT2D eigenvalue weighted by molar-refractivity contribution is 0.0967. The Kier molecular flexibility index (Phi) is 2.26. The van der Waals surface area contributed by atoms with Crippen LogP contribution in [-0.4, -0.2) is 5.78 Å². The first kappa shape index (κ1) is 9.23. The molecule has 0 amide bonds. The molecule has 0 bridgehead atoms. The molecule has 1 aliphatic carbocycles. The summed E-state index contributed by atoms with van der Waals surface area (Å²) in [5.74, 6) is 0.343. The molecule has 1 aliphatic rings. The number of carbonyl (C=O) groups excluding carboxylic acids is 1. The molecule has 0 aliphatic heterocycles. The Bertz CT molecular complexity index is 429. The summed E-state index contributed by atoms with van der Waals surface area (Å²) in [5.41, 5.74) is 1.04. The van der Waals surface area contributed by atoms with Crippen molar-refractivity contribution >= 4 is 17.4 Å². The van der Waals surface area contributed by atoms with Crippen LogP contribution >= 0.6 is 11.6 Å². The standard InChI is InChI=1S/C11H8ClNO/c12-10-5-8(3-4-9(10)6-13)11(14)7-1-2-7/h3-5,7H,1-2H2. The van der Waals surface area contributed by atoms with Gasteiger partial charge in [0.2, 0.25) is 0 Å². The number of hydrogen-bond donors (Lipinski definition) is 0. The van der Waals surface area contributed by atoms with E-state index in [0.717, 1.165) is 12.8 Å². The highest BCUT2D eigenvalue weighted by molar-refractivity contribution is 6.32. The molecule has 2 nitrogen and oxygen atoms in total. The topological polar surface area (TPSA) is 40.9 Å². The highest BCUT2D eigenvalue weighted by Crippen LogP contribution is 2.33. The fourth-order valence-electron chi connectivity index (χ4n) is 1.34. The van der Waals surface area contributed by atoms with Crippen LogP contribution in [0.4, 0.5) is 0 Å². The van der Waals surface area contributed by atoms with Gasteiger partial charge in [0.15, 0.2) is 5.78 Å². The Morgan fingerprint density at radius 1 is 1.50 bits per heavy atom. The molecule has 0 radical (unpaired) electrons. The van der Waals surface area contributed by atoms with Crippen LogP contribution in [0.15, 0.2) is 18.2 Å². The summed E-state index contributed by atoms with van der Waals surface area (Å²) >= 11 is 5.82. The van der Waals surface area contributed by atoms with E-state index in [1.807, 2.05) is 6.07 Å². The zero-order valence-electron chi connectivity index (χ0n) is 7.46. The molecule has 1 aromatic carbocycles. The zero-order valence-corrected chi connectivity index (χ0v) is 8.21. The monoisotopic (exact) mass is 205 g/mol. The highest BCUT2D eigenvalue weighted by Gasteiger charge is 2.30. The predicted molar refractivity (Wildman–Crippen MR) is 53.2 cm³/mol. The molecule has 70 valence electrons. The van der Waals surface area contributed by atoms with E-state index in [9.17, 15) is 4.79 Å². The highest BCUT2D eigenvalue weighted by atomic mass is 35.5. The van der Waals surface area contributed by atoms with Crippen LogP contribution in [0, 0.1) is 17.2 Å². The van der Waals surface area contributed by atoms with Gasteiger partial charge in [-0.1, -0.05) is 11.6 Å². The normalized spacial score (nSPS) is 14.9. The molecule has 1 aromatic rings. The number of nitriles is 1. The van der Waals surface area contributed by atoms with Gasteiger partial charge in [-0.05, 0) is 31.0 Å². The number of halogens is 1. The molecule has 3 heteroatoms. The number of hydrogen-bond acceptors (Lipinski definition) is 2. The van der Waals surface area contributed by atoms with E-state index in [-0.39, 0.29) is 11.7 Å². The molecule has 0 atom stereocenters. The molecule has 0 N–H and O–H groups in total. The van der Waals surface area contributed by atoms with Crippen molar-refractivity contribution in [3.8, 4) is 6.07 Å². The Morgan fingerprint density at radius 2 is 2.21 bits per heavy atom. The van der Waals surface area contributed by atoms with Crippen molar-refractivity contribution in [3.63, 3.8) is 0 Å². The van der Waals surface area contributed by atoms with E-state index in [1.54, 1.807) is 18.2 Å². The minimum atomic E-state index is 0.149. The lowest BCUT2D eigenvalue weighted by Crippen LogP contribution is -2.01. The third kappa shape index (κ3) is 1.64. The molecule has 0 unspecified atom stereocenters. The number of benzene rings is 1. The van der Waals surface area contributed by atoms with E-state index >= 15 is 0 Å². The number of Topliss-reactive ketones (excluding diaryl/α,β-unsaturated/α-hetero) is 1. The molecule has 1 saturated carbocycles. The maximum absolute atomic E-state index is 11.6. The average molecular weight is 206 g/mol. The van der Waals surface area contributed by atoms with Crippen LogP contribution < -0.4 is 0 Å². The van der Waals surface area contributed by atoms with Crippen molar-refractivity contribution in [1.82, 2.24) is 0 Å². The van der Waals surface area contributed by atoms with Crippen LogP contribution in [0.25, 0.3) is 0 Å². The lowest BCUT2D eigenvalue weighted by Gasteiger charge is -2.00. The summed E-state index contributed by atoms with van der Waals surface area (Å²) in [6.45, 7) is 0. The minimum absolute atomic E-state index is 0.149. The Hall–Kier alpha value is -1.33. The fourth-order valence-corrected chi connectivity index (χ4v) is 1.56. The fraction of sp³-hybridized carbons (Fsp3) is 0.273. The molecule has 0 saturated heterocycles. The van der Waals surface area contributed by atoms with Crippen molar-refractivity contribution in [1.29, 1.82) is 5.26 Å². The predicted octanol–water partition coefficient (Wildman–Crippen LogP) is 2.80. The van der Waals surface area contributed by atoms with E-state index in [0.29, 0.717) is 16.1 Å². The third-order valence-corrected chi connectivity index (χ3v) is 2.63. The van der Waals surface area contributed by atoms with Gasteiger partial charge in [0.05, 0.1) is 10.6 Å². The molecule has 2 rings (SSSR count). The second kappa shape index (κ2) is 3.43. The second-order valence-corrected chi connectivity index (χ2v) is 3.85. The molecule has 0 aromatic heterocycles. The molecule has 0 heterocycles. The van der Waals surface area contributed by atoms with Crippen LogP contribution in [-0.2, 0) is 0 Å². The van der Waals surface area contributed by atoms with Crippen LogP contribution in [0.5, 0.6) is 0 Å². The largest absolute Gasteiger partial charge is 0.294 e. The Labute approximate surface area is 87.1 Å². The molecular weight excluding hydrogens is 198 g/mol. The van der Waals surface area contributed by atoms with Gasteiger partial charge in [0.1, 0.15) is 6.07 Å². The Balaban J connectivity index is 2.32. The first-order valence-electron chi connectivity index (χ1n) is 4.46. The van der Waals surface area contributed by atoms with Gasteiger partial charge in [0.25, 0.3) is 0 Å². The quantitative estimate of drug-likeness (QED) is 0.697. The lowest BCUT2D eigenvalue weighted by atomic mass is 10.1. The van der Waals surface area contributed by atoms with Gasteiger partial charge in [-0.25, -0.2) is 0 Å². The van der Waals surface area contributed by atoms with Crippen LogP contribution in [0.2, 0.25) is 5.02 Å². The third-order valence-electron chi connectivity index (χ3n) is 2.32. The number of ketones is 1. The Morgan fingerprint density at radius 3 is 2.71 bits per heavy atom. The summed E-state index contributed by atoms with van der Waals surface area (Å²) in [5, 5.41) is 9.01. The van der Waals surface area contributed by atoms with Gasteiger partial charge >= 0.3 is 0 Å². The van der Waals surface area contributed by atoms with E-state index < -0.39 is 0 Å². The van der Waals surface area contributed by atoms with Crippen molar-refractivity contribution < 1.29 is 4.79 Å². The number of nitrogens with zero attached hydrogens (tertiary/aromatic N) is 1. The summed E-state index contributed by atoms with van der Waals surface area (Å²) in [7, 11) is 0. The minimum Gasteiger partial charge on any atom is -0.294 e. The van der Waals surface area contributed by atoms with E-state index in [2.05, 4.69) is 0 Å². The maximum Gasteiger partial charge on any atom is 0.165 e.